The summed E-state index contributed by atoms with van der Waals surface area (Å²) in [5.41, 5.74) is 1.76. The van der Waals surface area contributed by atoms with E-state index in [0.29, 0.717) is 13.0 Å². The van der Waals surface area contributed by atoms with Crippen molar-refractivity contribution < 1.29 is 19.5 Å². The van der Waals surface area contributed by atoms with Crippen LogP contribution in [0.3, 0.4) is 0 Å². The molecule has 0 unspecified atom stereocenters. The second kappa shape index (κ2) is 14.5. The minimum absolute atomic E-state index is 0. The maximum absolute atomic E-state index is 13.4. The number of halogens is 1. The lowest BCUT2D eigenvalue weighted by Gasteiger charge is -2.27. The van der Waals surface area contributed by atoms with Crippen LogP contribution in [0, 0.1) is 5.92 Å². The number of benzene rings is 2. The summed E-state index contributed by atoms with van der Waals surface area (Å²) in [6, 6.07) is 14.2. The van der Waals surface area contributed by atoms with Crippen molar-refractivity contribution in [3.8, 4) is 5.75 Å². The number of aromatic hydroxyl groups is 1. The van der Waals surface area contributed by atoms with Gasteiger partial charge in [-0.2, -0.15) is 0 Å². The predicted octanol–water partition coefficient (Wildman–Crippen LogP) is 2.44. The molecule has 3 rings (SSSR count). The maximum Gasteiger partial charge on any atom is 0.243 e. The first-order valence-electron chi connectivity index (χ1n) is 12.3. The van der Waals surface area contributed by atoms with Gasteiger partial charge in [-0.15, -0.1) is 12.4 Å². The molecule has 0 spiro atoms. The molecule has 1 aliphatic heterocycles. The maximum atomic E-state index is 13.4. The van der Waals surface area contributed by atoms with Crippen LogP contribution >= 0.6 is 12.4 Å². The summed E-state index contributed by atoms with van der Waals surface area (Å²) in [7, 11) is 0. The molecule has 1 fully saturated rings. The molecule has 1 heterocycles. The number of phenols is 1. The Balaban J connectivity index is 0.00000456. The Morgan fingerprint density at radius 2 is 1.69 bits per heavy atom. The molecule has 1 saturated heterocycles. The molecule has 2 aromatic rings. The molecule has 0 bridgehead atoms. The Labute approximate surface area is 219 Å². The van der Waals surface area contributed by atoms with E-state index < -0.39 is 18.0 Å². The van der Waals surface area contributed by atoms with Gasteiger partial charge >= 0.3 is 0 Å². The van der Waals surface area contributed by atoms with E-state index in [-0.39, 0.29) is 48.4 Å². The minimum Gasteiger partial charge on any atom is -0.508 e. The highest BCUT2D eigenvalue weighted by Crippen LogP contribution is 2.14. The number of carbonyl (C=O) groups is 3. The number of hydrogen-bond donors (Lipinski definition) is 5. The third-order valence-electron chi connectivity index (χ3n) is 6.49. The van der Waals surface area contributed by atoms with Crippen LogP contribution in [-0.2, 0) is 27.3 Å². The minimum atomic E-state index is -0.858. The second-order valence-corrected chi connectivity index (χ2v) is 9.16. The van der Waals surface area contributed by atoms with E-state index in [1.807, 2.05) is 44.2 Å². The molecule has 3 amide bonds. The highest BCUT2D eigenvalue weighted by Gasteiger charge is 2.31. The van der Waals surface area contributed by atoms with Gasteiger partial charge in [0.2, 0.25) is 17.7 Å². The summed E-state index contributed by atoms with van der Waals surface area (Å²) in [5.74, 6) is -0.875. The molecule has 0 aliphatic carbocycles. The molecule has 196 valence electrons. The SMILES string of the molecule is CC[C@H](C)[C@H](NC(=O)[C@H](Cc1ccc(O)cc1)NC(=O)[C@@H]1CCCN1)C(=O)NCc1ccccc1.Cl. The lowest BCUT2D eigenvalue weighted by atomic mass is 9.97. The van der Waals surface area contributed by atoms with Gasteiger partial charge in [-0.3, -0.25) is 14.4 Å². The van der Waals surface area contributed by atoms with E-state index in [4.69, 9.17) is 0 Å². The smallest absolute Gasteiger partial charge is 0.243 e. The van der Waals surface area contributed by atoms with Gasteiger partial charge in [-0.1, -0.05) is 62.7 Å². The number of carbonyl (C=O) groups excluding carboxylic acids is 3. The zero-order chi connectivity index (χ0) is 25.2. The first-order valence-corrected chi connectivity index (χ1v) is 12.3. The molecule has 8 nitrogen and oxygen atoms in total. The predicted molar refractivity (Wildman–Crippen MR) is 142 cm³/mol. The van der Waals surface area contributed by atoms with Gasteiger partial charge < -0.3 is 26.4 Å². The number of amides is 3. The average Bonchev–Trinajstić information content (AvgIpc) is 3.42. The van der Waals surface area contributed by atoms with E-state index in [1.165, 1.54) is 0 Å². The van der Waals surface area contributed by atoms with Crippen LogP contribution in [0.15, 0.2) is 54.6 Å². The number of nitrogens with one attached hydrogen (secondary N) is 4. The molecule has 36 heavy (non-hydrogen) atoms. The number of phenolic OH excluding ortho intramolecular Hbond substituents is 1. The van der Waals surface area contributed by atoms with Crippen LogP contribution in [-0.4, -0.2) is 47.5 Å². The third-order valence-corrected chi connectivity index (χ3v) is 6.49. The molecular formula is C27H37ClN4O4. The van der Waals surface area contributed by atoms with Crippen molar-refractivity contribution >= 4 is 30.1 Å². The third kappa shape index (κ3) is 8.53. The van der Waals surface area contributed by atoms with Crippen molar-refractivity contribution in [2.24, 2.45) is 5.92 Å². The Bertz CT molecular complexity index is 981. The van der Waals surface area contributed by atoms with Gasteiger partial charge in [0.1, 0.15) is 17.8 Å². The zero-order valence-electron chi connectivity index (χ0n) is 20.8. The number of rotatable bonds is 11. The second-order valence-electron chi connectivity index (χ2n) is 9.16. The summed E-state index contributed by atoms with van der Waals surface area (Å²) >= 11 is 0. The standard InChI is InChI=1S/C27H36N4O4.ClH/c1-3-18(2)24(27(35)29-17-20-8-5-4-6-9-20)31-26(34)23(16-19-11-13-21(32)14-12-19)30-25(33)22-10-7-15-28-22;/h4-6,8-9,11-14,18,22-24,28,32H,3,7,10,15-17H2,1-2H3,(H,29,35)(H,30,33)(H,31,34);1H/t18-,22-,23-,24-;/m0./s1. The van der Waals surface area contributed by atoms with Crippen LogP contribution in [0.1, 0.15) is 44.2 Å². The Morgan fingerprint density at radius 1 is 1.00 bits per heavy atom. The fourth-order valence-corrected chi connectivity index (χ4v) is 4.11. The highest BCUT2D eigenvalue weighted by molar-refractivity contribution is 5.93. The average molecular weight is 517 g/mol. The summed E-state index contributed by atoms with van der Waals surface area (Å²) in [6.07, 6.45) is 2.56. The van der Waals surface area contributed by atoms with Crippen LogP contribution < -0.4 is 21.3 Å². The Hall–Kier alpha value is -3.10. The molecule has 2 aromatic carbocycles. The van der Waals surface area contributed by atoms with E-state index in [2.05, 4.69) is 21.3 Å². The molecule has 0 radical (unpaired) electrons. The topological polar surface area (TPSA) is 120 Å². The van der Waals surface area contributed by atoms with E-state index >= 15 is 0 Å². The van der Waals surface area contributed by atoms with Gasteiger partial charge in [0.05, 0.1) is 6.04 Å². The van der Waals surface area contributed by atoms with Crippen LogP contribution in [0.25, 0.3) is 0 Å². The van der Waals surface area contributed by atoms with Gasteiger partial charge in [0.25, 0.3) is 0 Å². The molecule has 4 atom stereocenters. The Morgan fingerprint density at radius 3 is 2.31 bits per heavy atom. The van der Waals surface area contributed by atoms with Crippen molar-refractivity contribution in [2.75, 3.05) is 6.54 Å². The Kier molecular flexibility index (Phi) is 11.7. The fraction of sp³-hybridized carbons (Fsp3) is 0.444. The summed E-state index contributed by atoms with van der Waals surface area (Å²) < 4.78 is 0. The van der Waals surface area contributed by atoms with Crippen molar-refractivity contribution in [2.45, 2.75) is 64.2 Å². The molecule has 1 aliphatic rings. The van der Waals surface area contributed by atoms with Crippen molar-refractivity contribution in [1.82, 2.24) is 21.3 Å². The lowest BCUT2D eigenvalue weighted by molar-refractivity contribution is -0.133. The van der Waals surface area contributed by atoms with Gasteiger partial charge in [0.15, 0.2) is 0 Å². The first-order chi connectivity index (χ1) is 16.9. The lowest BCUT2D eigenvalue weighted by Crippen LogP contribution is -2.57. The van der Waals surface area contributed by atoms with Crippen LogP contribution in [0.5, 0.6) is 5.75 Å². The van der Waals surface area contributed by atoms with E-state index in [1.54, 1.807) is 24.3 Å². The van der Waals surface area contributed by atoms with Crippen molar-refractivity contribution in [3.05, 3.63) is 65.7 Å². The molecule has 5 N–H and O–H groups in total. The molecule has 0 aromatic heterocycles. The van der Waals surface area contributed by atoms with Crippen molar-refractivity contribution in [1.29, 1.82) is 0 Å². The first kappa shape index (κ1) is 29.1. The molecular weight excluding hydrogens is 480 g/mol. The summed E-state index contributed by atoms with van der Waals surface area (Å²) in [4.78, 5) is 39.3. The molecule has 9 heteroatoms. The largest absolute Gasteiger partial charge is 0.508 e. The van der Waals surface area contributed by atoms with E-state index in [9.17, 15) is 19.5 Å². The van der Waals surface area contributed by atoms with Crippen LogP contribution in [0.4, 0.5) is 0 Å². The fourth-order valence-electron chi connectivity index (χ4n) is 4.11. The van der Waals surface area contributed by atoms with Gasteiger partial charge in [0, 0.05) is 13.0 Å². The quantitative estimate of drug-likeness (QED) is 0.314. The van der Waals surface area contributed by atoms with Gasteiger partial charge in [-0.25, -0.2) is 0 Å². The zero-order valence-corrected chi connectivity index (χ0v) is 21.6. The molecule has 0 saturated carbocycles. The van der Waals surface area contributed by atoms with Crippen LogP contribution in [0.2, 0.25) is 0 Å². The van der Waals surface area contributed by atoms with Gasteiger partial charge in [-0.05, 0) is 48.6 Å². The normalized spacial score (nSPS) is 17.2. The number of hydrogen-bond acceptors (Lipinski definition) is 5. The highest BCUT2D eigenvalue weighted by atomic mass is 35.5. The van der Waals surface area contributed by atoms with E-state index in [0.717, 1.165) is 30.5 Å². The summed E-state index contributed by atoms with van der Waals surface area (Å²) in [5, 5.41) is 21.4. The van der Waals surface area contributed by atoms with Crippen molar-refractivity contribution in [3.63, 3.8) is 0 Å². The summed E-state index contributed by atoms with van der Waals surface area (Å²) in [6.45, 7) is 5.02. The monoisotopic (exact) mass is 516 g/mol.